The summed E-state index contributed by atoms with van der Waals surface area (Å²) in [7, 11) is 0. The molecule has 142 valence electrons. The lowest BCUT2D eigenvalue weighted by Crippen LogP contribution is -2.53. The smallest absolute Gasteiger partial charge is 0.326 e. The topological polar surface area (TPSA) is 122 Å². The average molecular weight is 364 g/mol. The monoisotopic (exact) mass is 364 g/mol. The molecule has 0 saturated carbocycles. The maximum absolute atomic E-state index is 12.3. The van der Waals surface area contributed by atoms with E-state index >= 15 is 0 Å². The van der Waals surface area contributed by atoms with Gasteiger partial charge in [0.1, 0.15) is 18.7 Å². The molecular weight excluding hydrogens is 340 g/mol. The molecule has 1 aromatic carbocycles. The molecule has 8 heteroatoms. The van der Waals surface area contributed by atoms with Gasteiger partial charge in [-0.1, -0.05) is 44.2 Å². The molecule has 8 nitrogen and oxygen atoms in total. The Balaban J connectivity index is 2.64. The van der Waals surface area contributed by atoms with Crippen LogP contribution in [0.4, 0.5) is 0 Å². The van der Waals surface area contributed by atoms with Gasteiger partial charge in [-0.05, 0) is 11.5 Å². The molecule has 0 saturated heterocycles. The molecule has 0 radical (unpaired) electrons. The summed E-state index contributed by atoms with van der Waals surface area (Å²) in [6, 6.07) is 6.60. The van der Waals surface area contributed by atoms with Crippen molar-refractivity contribution in [3.63, 3.8) is 0 Å². The predicted molar refractivity (Wildman–Crippen MR) is 92.9 cm³/mol. The third-order valence-electron chi connectivity index (χ3n) is 3.54. The highest BCUT2D eigenvalue weighted by molar-refractivity contribution is 5.91. The lowest BCUT2D eigenvalue weighted by molar-refractivity contribution is -0.151. The van der Waals surface area contributed by atoms with Gasteiger partial charge in [0, 0.05) is 6.92 Å². The van der Waals surface area contributed by atoms with Gasteiger partial charge in [0.05, 0.1) is 6.42 Å². The van der Waals surface area contributed by atoms with Crippen LogP contribution in [0.15, 0.2) is 30.3 Å². The molecule has 0 fully saturated rings. The number of nitrogens with one attached hydrogen (secondary N) is 2. The standard InChI is InChI=1S/C18H24N2O6/c1-11(2)16(19-12(3)21)17(23)20-14(18(24)25)9-15(22)26-10-13-7-5-4-6-8-13/h4-8,11,14,16H,9-10H2,1-3H3,(H,19,21)(H,20,23)(H,24,25)/t14-,16-/m1/s1. The maximum atomic E-state index is 12.3. The van der Waals surface area contributed by atoms with Crippen LogP contribution in [0.25, 0.3) is 0 Å². The minimum Gasteiger partial charge on any atom is -0.480 e. The summed E-state index contributed by atoms with van der Waals surface area (Å²) < 4.78 is 5.04. The third-order valence-corrected chi connectivity index (χ3v) is 3.54. The second-order valence-corrected chi connectivity index (χ2v) is 6.17. The van der Waals surface area contributed by atoms with Crippen molar-refractivity contribution in [3.8, 4) is 0 Å². The highest BCUT2D eigenvalue weighted by Gasteiger charge is 2.29. The molecule has 0 spiro atoms. The van der Waals surface area contributed by atoms with Crippen LogP contribution in [0.2, 0.25) is 0 Å². The normalized spacial score (nSPS) is 12.8. The number of carboxylic acids is 1. The fourth-order valence-electron chi connectivity index (χ4n) is 2.18. The molecular formula is C18H24N2O6. The van der Waals surface area contributed by atoms with Crippen LogP contribution in [0, 0.1) is 5.92 Å². The summed E-state index contributed by atoms with van der Waals surface area (Å²) in [5.74, 6) is -3.44. The Kier molecular flexibility index (Phi) is 8.27. The van der Waals surface area contributed by atoms with E-state index in [1.54, 1.807) is 38.1 Å². The molecule has 0 aromatic heterocycles. The Morgan fingerprint density at radius 3 is 2.19 bits per heavy atom. The van der Waals surface area contributed by atoms with E-state index in [1.807, 2.05) is 6.07 Å². The van der Waals surface area contributed by atoms with Gasteiger partial charge in [0.2, 0.25) is 11.8 Å². The van der Waals surface area contributed by atoms with Crippen LogP contribution in [0.3, 0.4) is 0 Å². The second-order valence-electron chi connectivity index (χ2n) is 6.17. The van der Waals surface area contributed by atoms with E-state index in [2.05, 4.69) is 10.6 Å². The van der Waals surface area contributed by atoms with E-state index < -0.39 is 42.3 Å². The fourth-order valence-corrected chi connectivity index (χ4v) is 2.18. The van der Waals surface area contributed by atoms with Crippen LogP contribution < -0.4 is 10.6 Å². The maximum Gasteiger partial charge on any atom is 0.326 e. The number of carbonyl (C=O) groups excluding carboxylic acids is 3. The molecule has 3 N–H and O–H groups in total. The molecule has 0 aliphatic heterocycles. The molecule has 0 unspecified atom stereocenters. The van der Waals surface area contributed by atoms with Crippen molar-refractivity contribution < 1.29 is 29.0 Å². The zero-order valence-electron chi connectivity index (χ0n) is 15.0. The van der Waals surface area contributed by atoms with Gasteiger partial charge >= 0.3 is 11.9 Å². The Morgan fingerprint density at radius 2 is 1.69 bits per heavy atom. The molecule has 2 atom stereocenters. The average Bonchev–Trinajstić information content (AvgIpc) is 2.57. The lowest BCUT2D eigenvalue weighted by atomic mass is 10.0. The van der Waals surface area contributed by atoms with Gasteiger partial charge in [-0.3, -0.25) is 14.4 Å². The Bertz CT molecular complexity index is 644. The lowest BCUT2D eigenvalue weighted by Gasteiger charge is -2.23. The van der Waals surface area contributed by atoms with Crippen molar-refractivity contribution in [1.29, 1.82) is 0 Å². The first-order chi connectivity index (χ1) is 12.2. The van der Waals surface area contributed by atoms with Crippen molar-refractivity contribution in [2.45, 2.75) is 45.9 Å². The number of esters is 1. The zero-order chi connectivity index (χ0) is 19.7. The number of hydrogen-bond acceptors (Lipinski definition) is 5. The Morgan fingerprint density at radius 1 is 1.08 bits per heavy atom. The van der Waals surface area contributed by atoms with Crippen molar-refractivity contribution in [2.24, 2.45) is 5.92 Å². The number of carboxylic acid groups (broad SMARTS) is 1. The number of rotatable bonds is 9. The quantitative estimate of drug-likeness (QED) is 0.559. The van der Waals surface area contributed by atoms with E-state index in [0.717, 1.165) is 5.56 Å². The van der Waals surface area contributed by atoms with Crippen molar-refractivity contribution in [1.82, 2.24) is 10.6 Å². The summed E-state index contributed by atoms with van der Waals surface area (Å²) in [6.07, 6.45) is -0.515. The van der Waals surface area contributed by atoms with Crippen LogP contribution in [0.1, 0.15) is 32.8 Å². The van der Waals surface area contributed by atoms with Crippen molar-refractivity contribution >= 4 is 23.8 Å². The number of hydrogen-bond donors (Lipinski definition) is 3. The zero-order valence-corrected chi connectivity index (χ0v) is 15.0. The number of ether oxygens (including phenoxy) is 1. The SMILES string of the molecule is CC(=O)N[C@@H](C(=O)N[C@H](CC(=O)OCc1ccccc1)C(=O)O)C(C)C. The molecule has 1 aromatic rings. The molecule has 26 heavy (non-hydrogen) atoms. The first-order valence-corrected chi connectivity index (χ1v) is 8.20. The number of amides is 2. The summed E-state index contributed by atoms with van der Waals surface area (Å²) in [5.41, 5.74) is 0.766. The first kappa shape index (κ1) is 21.1. The van der Waals surface area contributed by atoms with Gasteiger partial charge in [-0.25, -0.2) is 4.79 Å². The first-order valence-electron chi connectivity index (χ1n) is 8.20. The number of benzene rings is 1. The summed E-state index contributed by atoms with van der Waals surface area (Å²) in [6.45, 7) is 4.70. The Labute approximate surface area is 151 Å². The third kappa shape index (κ3) is 7.33. The number of aliphatic carboxylic acids is 1. The minimum atomic E-state index is -1.44. The van der Waals surface area contributed by atoms with Gasteiger partial charge in [0.25, 0.3) is 0 Å². The second kappa shape index (κ2) is 10.2. The van der Waals surface area contributed by atoms with Crippen molar-refractivity contribution in [2.75, 3.05) is 0 Å². The van der Waals surface area contributed by atoms with Gasteiger partial charge in [0.15, 0.2) is 0 Å². The van der Waals surface area contributed by atoms with Crippen LogP contribution >= 0.6 is 0 Å². The molecule has 0 aliphatic rings. The molecule has 1 rings (SSSR count). The van der Waals surface area contributed by atoms with Gasteiger partial charge < -0.3 is 20.5 Å². The molecule has 0 heterocycles. The van der Waals surface area contributed by atoms with E-state index in [9.17, 15) is 24.3 Å². The van der Waals surface area contributed by atoms with Crippen LogP contribution in [0.5, 0.6) is 0 Å². The minimum absolute atomic E-state index is 0.0144. The summed E-state index contributed by atoms with van der Waals surface area (Å²) in [4.78, 5) is 46.7. The van der Waals surface area contributed by atoms with Gasteiger partial charge in [-0.2, -0.15) is 0 Å². The fraction of sp³-hybridized carbons (Fsp3) is 0.444. The summed E-state index contributed by atoms with van der Waals surface area (Å²) >= 11 is 0. The molecule has 2 amide bonds. The Hall–Kier alpha value is -2.90. The highest BCUT2D eigenvalue weighted by atomic mass is 16.5. The van der Waals surface area contributed by atoms with E-state index in [1.165, 1.54) is 6.92 Å². The van der Waals surface area contributed by atoms with E-state index in [4.69, 9.17) is 4.74 Å². The van der Waals surface area contributed by atoms with Crippen LogP contribution in [-0.2, 0) is 30.5 Å². The number of carbonyl (C=O) groups is 4. The van der Waals surface area contributed by atoms with E-state index in [-0.39, 0.29) is 12.5 Å². The van der Waals surface area contributed by atoms with Gasteiger partial charge in [-0.15, -0.1) is 0 Å². The van der Waals surface area contributed by atoms with Crippen molar-refractivity contribution in [3.05, 3.63) is 35.9 Å². The molecule has 0 aliphatic carbocycles. The highest BCUT2D eigenvalue weighted by Crippen LogP contribution is 2.06. The molecule has 0 bridgehead atoms. The van der Waals surface area contributed by atoms with Crippen LogP contribution in [-0.4, -0.2) is 40.9 Å². The van der Waals surface area contributed by atoms with E-state index in [0.29, 0.717) is 0 Å². The summed E-state index contributed by atoms with van der Waals surface area (Å²) in [5, 5.41) is 14.0. The largest absolute Gasteiger partial charge is 0.480 e. The predicted octanol–water partition coefficient (Wildman–Crippen LogP) is 0.850.